The number of nitrogens with zero attached hydrogens (tertiary/aromatic N) is 1. The highest BCUT2D eigenvalue weighted by Gasteiger charge is 2.07. The number of carbonyl (C=O) groups excluding carboxylic acids is 2. The number of phenolic OH excluding ortho intramolecular Hbond substituents is 1. The summed E-state index contributed by atoms with van der Waals surface area (Å²) in [5.41, 5.74) is 2.63. The third-order valence-electron chi connectivity index (χ3n) is 3.20. The van der Waals surface area contributed by atoms with Crippen molar-refractivity contribution in [2.24, 2.45) is 5.10 Å². The van der Waals surface area contributed by atoms with Gasteiger partial charge in [0.05, 0.1) is 19.9 Å². The predicted octanol–water partition coefficient (Wildman–Crippen LogP) is 1.05. The molecule has 0 aromatic heterocycles. The van der Waals surface area contributed by atoms with Crippen LogP contribution in [0.3, 0.4) is 0 Å². The molecule has 2 aromatic carbocycles. The van der Waals surface area contributed by atoms with Crippen LogP contribution in [-0.4, -0.2) is 43.4 Å². The molecule has 136 valence electrons. The van der Waals surface area contributed by atoms with Gasteiger partial charge in [-0.05, 0) is 24.3 Å². The Labute approximate surface area is 150 Å². The van der Waals surface area contributed by atoms with Crippen molar-refractivity contribution >= 4 is 18.0 Å². The minimum Gasteiger partial charge on any atom is -0.504 e. The van der Waals surface area contributed by atoms with Crippen molar-refractivity contribution in [1.82, 2.24) is 10.7 Å². The zero-order valence-electron chi connectivity index (χ0n) is 14.1. The van der Waals surface area contributed by atoms with Gasteiger partial charge in [0.15, 0.2) is 18.1 Å². The van der Waals surface area contributed by atoms with Crippen LogP contribution in [0, 0.1) is 0 Å². The number of rotatable bonds is 8. The van der Waals surface area contributed by atoms with Gasteiger partial charge in [-0.2, -0.15) is 5.10 Å². The summed E-state index contributed by atoms with van der Waals surface area (Å²) in [5.74, 6) is -0.171. The molecule has 2 amide bonds. The first kappa shape index (κ1) is 18.8. The molecule has 2 rings (SSSR count). The van der Waals surface area contributed by atoms with E-state index in [4.69, 9.17) is 9.47 Å². The lowest BCUT2D eigenvalue weighted by Crippen LogP contribution is -2.37. The summed E-state index contributed by atoms with van der Waals surface area (Å²) in [5, 5.41) is 16.0. The topological polar surface area (TPSA) is 109 Å². The van der Waals surface area contributed by atoms with E-state index in [1.807, 2.05) is 6.07 Å². The fourth-order valence-electron chi connectivity index (χ4n) is 1.92. The van der Waals surface area contributed by atoms with Crippen LogP contribution in [-0.2, 0) is 9.59 Å². The number of carbonyl (C=O) groups is 2. The number of phenols is 1. The summed E-state index contributed by atoms with van der Waals surface area (Å²) in [6.07, 6.45) is 1.27. The standard InChI is InChI=1S/C18H19N3O5/c1-25-15-9-5-6-13(18(15)24)10-20-21-16(22)11-19-17(23)12-26-14-7-3-2-4-8-14/h2-10,24H,11-12H2,1H3,(H,19,23)(H,21,22). The van der Waals surface area contributed by atoms with Crippen molar-refractivity contribution in [3.63, 3.8) is 0 Å². The van der Waals surface area contributed by atoms with Gasteiger partial charge in [0, 0.05) is 5.56 Å². The number of amides is 2. The SMILES string of the molecule is COc1cccc(C=NNC(=O)CNC(=O)COc2ccccc2)c1O. The molecular formula is C18H19N3O5. The second-order valence-electron chi connectivity index (χ2n) is 5.07. The first-order chi connectivity index (χ1) is 12.6. The largest absolute Gasteiger partial charge is 0.504 e. The molecule has 0 fully saturated rings. The Balaban J connectivity index is 1.72. The molecule has 2 aromatic rings. The molecule has 0 aliphatic carbocycles. The average molecular weight is 357 g/mol. The predicted molar refractivity (Wildman–Crippen MR) is 95.3 cm³/mol. The summed E-state index contributed by atoms with van der Waals surface area (Å²) < 4.78 is 10.2. The van der Waals surface area contributed by atoms with Gasteiger partial charge in [-0.15, -0.1) is 0 Å². The van der Waals surface area contributed by atoms with Gasteiger partial charge in [0.25, 0.3) is 11.8 Å². The van der Waals surface area contributed by atoms with E-state index in [0.29, 0.717) is 17.1 Å². The van der Waals surface area contributed by atoms with Crippen LogP contribution in [0.25, 0.3) is 0 Å². The van der Waals surface area contributed by atoms with E-state index >= 15 is 0 Å². The Hall–Kier alpha value is -3.55. The second kappa shape index (κ2) is 9.67. The lowest BCUT2D eigenvalue weighted by Gasteiger charge is -2.07. The maximum Gasteiger partial charge on any atom is 0.259 e. The molecule has 0 unspecified atom stereocenters. The molecule has 0 spiro atoms. The van der Waals surface area contributed by atoms with Crippen LogP contribution in [0.15, 0.2) is 53.6 Å². The van der Waals surface area contributed by atoms with Crippen molar-refractivity contribution < 1.29 is 24.2 Å². The lowest BCUT2D eigenvalue weighted by atomic mass is 10.2. The number of methoxy groups -OCH3 is 1. The van der Waals surface area contributed by atoms with E-state index in [1.54, 1.807) is 42.5 Å². The van der Waals surface area contributed by atoms with E-state index in [1.165, 1.54) is 13.3 Å². The summed E-state index contributed by atoms with van der Waals surface area (Å²) in [4.78, 5) is 23.3. The first-order valence-electron chi connectivity index (χ1n) is 7.72. The fourth-order valence-corrected chi connectivity index (χ4v) is 1.92. The monoisotopic (exact) mass is 357 g/mol. The van der Waals surface area contributed by atoms with Gasteiger partial charge >= 0.3 is 0 Å². The Morgan fingerprint density at radius 1 is 1.12 bits per heavy atom. The Morgan fingerprint density at radius 3 is 2.62 bits per heavy atom. The van der Waals surface area contributed by atoms with Crippen molar-refractivity contribution in [1.29, 1.82) is 0 Å². The second-order valence-corrected chi connectivity index (χ2v) is 5.07. The summed E-state index contributed by atoms with van der Waals surface area (Å²) in [6, 6.07) is 13.7. The third kappa shape index (κ3) is 5.82. The number of hydrogen-bond donors (Lipinski definition) is 3. The van der Waals surface area contributed by atoms with Gasteiger partial charge < -0.3 is 19.9 Å². The third-order valence-corrected chi connectivity index (χ3v) is 3.20. The fraction of sp³-hybridized carbons (Fsp3) is 0.167. The zero-order valence-corrected chi connectivity index (χ0v) is 14.1. The van der Waals surface area contributed by atoms with Crippen molar-refractivity contribution in [2.45, 2.75) is 0 Å². The van der Waals surface area contributed by atoms with Gasteiger partial charge in [0.1, 0.15) is 5.75 Å². The summed E-state index contributed by atoms with van der Waals surface area (Å²) in [7, 11) is 1.43. The molecule has 8 heteroatoms. The van der Waals surface area contributed by atoms with Crippen molar-refractivity contribution in [3.05, 3.63) is 54.1 Å². The average Bonchev–Trinajstić information content (AvgIpc) is 2.67. The number of ether oxygens (including phenoxy) is 2. The number of para-hydroxylation sites is 2. The smallest absolute Gasteiger partial charge is 0.259 e. The number of benzene rings is 2. The normalized spacial score (nSPS) is 10.3. The molecular weight excluding hydrogens is 338 g/mol. The van der Waals surface area contributed by atoms with Gasteiger partial charge in [0.2, 0.25) is 0 Å². The molecule has 0 radical (unpaired) electrons. The maximum absolute atomic E-state index is 11.7. The van der Waals surface area contributed by atoms with E-state index in [-0.39, 0.29) is 18.9 Å². The molecule has 0 aliphatic rings. The molecule has 26 heavy (non-hydrogen) atoms. The van der Waals surface area contributed by atoms with Crippen LogP contribution >= 0.6 is 0 Å². The van der Waals surface area contributed by atoms with Gasteiger partial charge in [-0.1, -0.05) is 24.3 Å². The molecule has 0 aliphatic heterocycles. The minimum absolute atomic E-state index is 0.0839. The van der Waals surface area contributed by atoms with Crippen molar-refractivity contribution in [3.8, 4) is 17.2 Å². The molecule has 8 nitrogen and oxygen atoms in total. The van der Waals surface area contributed by atoms with Crippen LogP contribution in [0.2, 0.25) is 0 Å². The Bertz CT molecular complexity index is 778. The van der Waals surface area contributed by atoms with Crippen LogP contribution < -0.4 is 20.2 Å². The van der Waals surface area contributed by atoms with E-state index in [9.17, 15) is 14.7 Å². The lowest BCUT2D eigenvalue weighted by molar-refractivity contribution is -0.127. The number of aromatic hydroxyl groups is 1. The molecule has 0 heterocycles. The van der Waals surface area contributed by atoms with E-state index < -0.39 is 11.8 Å². The van der Waals surface area contributed by atoms with Gasteiger partial charge in [-0.25, -0.2) is 5.43 Å². The Morgan fingerprint density at radius 2 is 1.88 bits per heavy atom. The molecule has 0 bridgehead atoms. The van der Waals surface area contributed by atoms with E-state index in [2.05, 4.69) is 15.8 Å². The summed E-state index contributed by atoms with van der Waals surface area (Å²) in [6.45, 7) is -0.448. The van der Waals surface area contributed by atoms with Crippen LogP contribution in [0.4, 0.5) is 0 Å². The number of nitrogens with one attached hydrogen (secondary N) is 2. The van der Waals surface area contributed by atoms with Gasteiger partial charge in [-0.3, -0.25) is 9.59 Å². The highest BCUT2D eigenvalue weighted by molar-refractivity contribution is 5.88. The highest BCUT2D eigenvalue weighted by atomic mass is 16.5. The molecule has 0 saturated heterocycles. The Kier molecular flexibility index (Phi) is 6.99. The zero-order chi connectivity index (χ0) is 18.8. The maximum atomic E-state index is 11.7. The number of hydrogen-bond acceptors (Lipinski definition) is 6. The van der Waals surface area contributed by atoms with Crippen LogP contribution in [0.1, 0.15) is 5.56 Å². The highest BCUT2D eigenvalue weighted by Crippen LogP contribution is 2.27. The first-order valence-corrected chi connectivity index (χ1v) is 7.72. The quantitative estimate of drug-likeness (QED) is 0.483. The molecule has 0 atom stereocenters. The summed E-state index contributed by atoms with van der Waals surface area (Å²) >= 11 is 0. The number of hydrazone groups is 1. The molecule has 0 saturated carbocycles. The minimum atomic E-state index is -0.517. The molecule has 3 N–H and O–H groups in total. The van der Waals surface area contributed by atoms with E-state index in [0.717, 1.165) is 0 Å². The van der Waals surface area contributed by atoms with Crippen LogP contribution in [0.5, 0.6) is 17.2 Å². The van der Waals surface area contributed by atoms with Crippen molar-refractivity contribution in [2.75, 3.05) is 20.3 Å².